The second-order valence-electron chi connectivity index (χ2n) is 5.99. The molecule has 5 heteroatoms. The normalized spacial score (nSPS) is 15.8. The smallest absolute Gasteiger partial charge is 0.166 e. The van der Waals surface area contributed by atoms with Gasteiger partial charge in [0.25, 0.3) is 0 Å². The second kappa shape index (κ2) is 6.89. The topological polar surface area (TPSA) is 0 Å². The van der Waals surface area contributed by atoms with Crippen LogP contribution in [0.15, 0.2) is 58.6 Å². The van der Waals surface area contributed by atoms with E-state index in [4.69, 9.17) is 23.2 Å². The number of alkyl halides is 3. The van der Waals surface area contributed by atoms with Gasteiger partial charge in [-0.05, 0) is 48.1 Å². The minimum absolute atomic E-state index is 0.0982. The summed E-state index contributed by atoms with van der Waals surface area (Å²) in [6.45, 7) is 1.99. The first-order valence-corrected chi connectivity index (χ1v) is 8.56. The van der Waals surface area contributed by atoms with Crippen LogP contribution in [0.1, 0.15) is 35.1 Å². The van der Waals surface area contributed by atoms with Crippen molar-refractivity contribution >= 4 is 34.3 Å². The van der Waals surface area contributed by atoms with Crippen LogP contribution in [0.3, 0.4) is 0 Å². The zero-order chi connectivity index (χ0) is 18.2. The number of hydrogen-bond donors (Lipinski definition) is 0. The minimum atomic E-state index is -4.44. The standard InChI is InChI=1S/C20H15Cl2F3/c1-12-6-8-13(9-7-12)14-10-11-16(19(22)18(14)21)15-4-2-3-5-17(15)20(23,24)25/h2-9H,10-11H2,1H3. The zero-order valence-electron chi connectivity index (χ0n) is 13.4. The lowest BCUT2D eigenvalue weighted by molar-refractivity contribution is -0.137. The summed E-state index contributed by atoms with van der Waals surface area (Å²) >= 11 is 12.8. The zero-order valence-corrected chi connectivity index (χ0v) is 14.9. The van der Waals surface area contributed by atoms with Crippen molar-refractivity contribution in [3.8, 4) is 0 Å². The number of benzene rings is 2. The third-order valence-electron chi connectivity index (χ3n) is 4.31. The van der Waals surface area contributed by atoms with Crippen molar-refractivity contribution in [3.05, 3.63) is 80.8 Å². The van der Waals surface area contributed by atoms with Crippen molar-refractivity contribution in [1.29, 1.82) is 0 Å². The fourth-order valence-electron chi connectivity index (χ4n) is 3.01. The molecule has 2 aromatic carbocycles. The molecule has 0 nitrogen and oxygen atoms in total. The Balaban J connectivity index is 2.10. The van der Waals surface area contributed by atoms with Crippen molar-refractivity contribution in [2.75, 3.05) is 0 Å². The Morgan fingerprint density at radius 1 is 0.800 bits per heavy atom. The molecule has 0 saturated carbocycles. The highest BCUT2D eigenvalue weighted by molar-refractivity contribution is 6.48. The Bertz CT molecular complexity index is 859. The SMILES string of the molecule is Cc1ccc(C2=C(Cl)C(Cl)=C(c3ccccc3C(F)(F)F)CC2)cc1. The van der Waals surface area contributed by atoms with Crippen LogP contribution in [0, 0.1) is 6.92 Å². The van der Waals surface area contributed by atoms with Gasteiger partial charge in [-0.2, -0.15) is 13.2 Å². The molecule has 0 bridgehead atoms. The molecule has 0 unspecified atom stereocenters. The fourth-order valence-corrected chi connectivity index (χ4v) is 3.63. The van der Waals surface area contributed by atoms with Gasteiger partial charge in [0.15, 0.2) is 0 Å². The van der Waals surface area contributed by atoms with E-state index in [1.54, 1.807) is 6.07 Å². The first kappa shape index (κ1) is 18.1. The molecule has 25 heavy (non-hydrogen) atoms. The van der Waals surface area contributed by atoms with Gasteiger partial charge in [0.2, 0.25) is 0 Å². The van der Waals surface area contributed by atoms with Crippen molar-refractivity contribution < 1.29 is 13.2 Å². The van der Waals surface area contributed by atoms with Crippen molar-refractivity contribution in [3.63, 3.8) is 0 Å². The van der Waals surface area contributed by atoms with Crippen molar-refractivity contribution in [1.82, 2.24) is 0 Å². The largest absolute Gasteiger partial charge is 0.416 e. The third kappa shape index (κ3) is 3.63. The highest BCUT2D eigenvalue weighted by Gasteiger charge is 2.35. The molecule has 0 amide bonds. The molecule has 3 rings (SSSR count). The highest BCUT2D eigenvalue weighted by atomic mass is 35.5. The lowest BCUT2D eigenvalue weighted by atomic mass is 9.87. The summed E-state index contributed by atoms with van der Waals surface area (Å²) in [6, 6.07) is 13.3. The predicted octanol–water partition coefficient (Wildman–Crippen LogP) is 7.41. The lowest BCUT2D eigenvalue weighted by Crippen LogP contribution is -2.10. The first-order valence-electron chi connectivity index (χ1n) is 7.80. The summed E-state index contributed by atoms with van der Waals surface area (Å²) < 4.78 is 39.9. The maximum Gasteiger partial charge on any atom is 0.416 e. The molecule has 0 fully saturated rings. The summed E-state index contributed by atoms with van der Waals surface area (Å²) in [6.07, 6.45) is -3.49. The van der Waals surface area contributed by atoms with Crippen LogP contribution >= 0.6 is 23.2 Å². The van der Waals surface area contributed by atoms with E-state index in [2.05, 4.69) is 0 Å². The Kier molecular flexibility index (Phi) is 4.99. The van der Waals surface area contributed by atoms with Crippen LogP contribution < -0.4 is 0 Å². The van der Waals surface area contributed by atoms with Crippen LogP contribution in [-0.2, 0) is 6.18 Å². The maximum atomic E-state index is 13.3. The molecule has 1 aliphatic carbocycles. The summed E-state index contributed by atoms with van der Waals surface area (Å²) in [7, 11) is 0. The number of hydrogen-bond acceptors (Lipinski definition) is 0. The summed E-state index contributed by atoms with van der Waals surface area (Å²) in [4.78, 5) is 0. The Morgan fingerprint density at radius 3 is 2.00 bits per heavy atom. The van der Waals surface area contributed by atoms with Crippen molar-refractivity contribution in [2.24, 2.45) is 0 Å². The van der Waals surface area contributed by atoms with Crippen LogP contribution in [0.2, 0.25) is 0 Å². The monoisotopic (exact) mass is 382 g/mol. The van der Waals surface area contributed by atoms with Gasteiger partial charge in [-0.25, -0.2) is 0 Å². The van der Waals surface area contributed by atoms with Gasteiger partial charge in [-0.3, -0.25) is 0 Å². The molecule has 2 aromatic rings. The van der Waals surface area contributed by atoms with Gasteiger partial charge in [0.1, 0.15) is 0 Å². The van der Waals surface area contributed by atoms with Crippen LogP contribution in [-0.4, -0.2) is 0 Å². The highest BCUT2D eigenvalue weighted by Crippen LogP contribution is 2.46. The van der Waals surface area contributed by atoms with E-state index >= 15 is 0 Å². The molecule has 0 heterocycles. The maximum absolute atomic E-state index is 13.3. The predicted molar refractivity (Wildman–Crippen MR) is 97.4 cm³/mol. The van der Waals surface area contributed by atoms with Gasteiger partial charge in [-0.1, -0.05) is 71.2 Å². The second-order valence-corrected chi connectivity index (χ2v) is 6.75. The van der Waals surface area contributed by atoms with Gasteiger partial charge in [-0.15, -0.1) is 0 Å². The summed E-state index contributed by atoms with van der Waals surface area (Å²) in [5.74, 6) is 0. The van der Waals surface area contributed by atoms with E-state index in [1.165, 1.54) is 12.1 Å². The third-order valence-corrected chi connectivity index (χ3v) is 5.24. The van der Waals surface area contributed by atoms with E-state index < -0.39 is 11.7 Å². The molecular weight excluding hydrogens is 368 g/mol. The molecule has 1 aliphatic rings. The summed E-state index contributed by atoms with van der Waals surface area (Å²) in [5, 5.41) is 0.518. The average Bonchev–Trinajstić information content (AvgIpc) is 2.57. The fraction of sp³-hybridized carbons (Fsp3) is 0.200. The molecule has 0 aromatic heterocycles. The van der Waals surface area contributed by atoms with E-state index in [9.17, 15) is 13.2 Å². The quantitative estimate of drug-likeness (QED) is 0.507. The number of allylic oxidation sites excluding steroid dienone is 4. The molecule has 0 atom stereocenters. The van der Waals surface area contributed by atoms with E-state index in [0.717, 1.165) is 22.8 Å². The molecule has 0 radical (unpaired) electrons. The lowest BCUT2D eigenvalue weighted by Gasteiger charge is -2.23. The first-order chi connectivity index (χ1) is 11.8. The average molecular weight is 383 g/mol. The Labute approximate surface area is 154 Å². The van der Waals surface area contributed by atoms with Gasteiger partial charge in [0.05, 0.1) is 15.6 Å². The number of aryl methyl sites for hydroxylation is 1. The summed E-state index contributed by atoms with van der Waals surface area (Å²) in [5.41, 5.74) is 2.78. The van der Waals surface area contributed by atoms with Gasteiger partial charge < -0.3 is 0 Å². The van der Waals surface area contributed by atoms with E-state index in [0.29, 0.717) is 23.4 Å². The number of halogens is 5. The number of rotatable bonds is 2. The van der Waals surface area contributed by atoms with E-state index in [1.807, 2.05) is 31.2 Å². The molecule has 0 N–H and O–H groups in total. The van der Waals surface area contributed by atoms with Crippen molar-refractivity contribution in [2.45, 2.75) is 25.9 Å². The van der Waals surface area contributed by atoms with Gasteiger partial charge >= 0.3 is 6.18 Å². The van der Waals surface area contributed by atoms with Crippen LogP contribution in [0.5, 0.6) is 0 Å². The molecule has 0 spiro atoms. The molecular formula is C20H15Cl2F3. The molecule has 0 saturated heterocycles. The molecule has 0 aliphatic heterocycles. The Morgan fingerprint density at radius 2 is 1.36 bits per heavy atom. The minimum Gasteiger partial charge on any atom is -0.166 e. The van der Waals surface area contributed by atoms with Gasteiger partial charge in [0, 0.05) is 0 Å². The van der Waals surface area contributed by atoms with E-state index in [-0.39, 0.29) is 10.6 Å². The Hall–Kier alpha value is -1.71. The molecule has 130 valence electrons. The van der Waals surface area contributed by atoms with Crippen LogP contribution in [0.25, 0.3) is 11.1 Å². The van der Waals surface area contributed by atoms with Crippen LogP contribution in [0.4, 0.5) is 13.2 Å².